The lowest BCUT2D eigenvalue weighted by atomic mass is 10.2. The third-order valence-corrected chi connectivity index (χ3v) is 3.18. The van der Waals surface area contributed by atoms with Crippen molar-refractivity contribution in [2.75, 3.05) is 13.4 Å². The van der Waals surface area contributed by atoms with Crippen LogP contribution >= 0.6 is 15.9 Å². The van der Waals surface area contributed by atoms with Crippen LogP contribution in [0.3, 0.4) is 0 Å². The van der Waals surface area contributed by atoms with E-state index in [1.807, 2.05) is 19.1 Å². The van der Waals surface area contributed by atoms with Gasteiger partial charge in [0.2, 0.25) is 0 Å². The highest BCUT2D eigenvalue weighted by atomic mass is 79.9. The van der Waals surface area contributed by atoms with Gasteiger partial charge in [-0.05, 0) is 38.0 Å². The second kappa shape index (κ2) is 6.38. The van der Waals surface area contributed by atoms with Crippen molar-refractivity contribution in [1.82, 2.24) is 5.32 Å². The summed E-state index contributed by atoms with van der Waals surface area (Å²) in [6.45, 7) is 3.80. The van der Waals surface area contributed by atoms with Crippen molar-refractivity contribution in [3.05, 3.63) is 28.2 Å². The second-order valence-electron chi connectivity index (χ2n) is 4.16. The topological polar surface area (TPSA) is 30.5 Å². The van der Waals surface area contributed by atoms with Crippen LogP contribution in [0.5, 0.6) is 5.75 Å². The minimum Gasteiger partial charge on any atom is -0.467 e. The smallest absolute Gasteiger partial charge is 0.189 e. The van der Waals surface area contributed by atoms with Crippen molar-refractivity contribution in [2.24, 2.45) is 0 Å². The van der Waals surface area contributed by atoms with Crippen molar-refractivity contribution < 1.29 is 9.47 Å². The number of rotatable bonds is 7. The summed E-state index contributed by atoms with van der Waals surface area (Å²) in [6.07, 6.45) is 2.59. The Kier molecular flexibility index (Phi) is 4.83. The first-order valence-electron chi connectivity index (χ1n) is 6.02. The molecule has 0 atom stereocenters. The van der Waals surface area contributed by atoms with Crippen LogP contribution < -0.4 is 10.1 Å². The quantitative estimate of drug-likeness (QED) is 0.620. The summed E-state index contributed by atoms with van der Waals surface area (Å²) in [5.74, 6) is 0.898. The molecular formula is C13H18BrNO2. The summed E-state index contributed by atoms with van der Waals surface area (Å²) in [5.41, 5.74) is 1.17. The fourth-order valence-corrected chi connectivity index (χ4v) is 1.97. The maximum Gasteiger partial charge on any atom is 0.189 e. The molecule has 1 saturated carbocycles. The van der Waals surface area contributed by atoms with Gasteiger partial charge >= 0.3 is 0 Å². The van der Waals surface area contributed by atoms with E-state index in [1.165, 1.54) is 18.4 Å². The van der Waals surface area contributed by atoms with Gasteiger partial charge < -0.3 is 14.8 Å². The predicted molar refractivity (Wildman–Crippen MR) is 71.1 cm³/mol. The van der Waals surface area contributed by atoms with E-state index in [9.17, 15) is 0 Å². The first kappa shape index (κ1) is 12.9. The van der Waals surface area contributed by atoms with Crippen LogP contribution in [0.15, 0.2) is 22.7 Å². The summed E-state index contributed by atoms with van der Waals surface area (Å²) >= 11 is 3.49. The molecule has 0 bridgehead atoms. The standard InChI is InChI=1S/C13H18BrNO2/c1-2-16-9-17-13-6-3-11(14)7-10(13)8-15-12-4-5-12/h3,6-7,12,15H,2,4-5,8-9H2,1H3. The molecule has 0 radical (unpaired) electrons. The van der Waals surface area contributed by atoms with Crippen LogP contribution in [0.4, 0.5) is 0 Å². The molecule has 0 saturated heterocycles. The molecule has 4 heteroatoms. The van der Waals surface area contributed by atoms with Gasteiger partial charge in [0.15, 0.2) is 6.79 Å². The van der Waals surface area contributed by atoms with E-state index in [0.29, 0.717) is 19.4 Å². The van der Waals surface area contributed by atoms with Gasteiger partial charge in [-0.1, -0.05) is 15.9 Å². The van der Waals surface area contributed by atoms with Crippen LogP contribution in [0.1, 0.15) is 25.3 Å². The third-order valence-electron chi connectivity index (χ3n) is 2.68. The van der Waals surface area contributed by atoms with E-state index in [1.54, 1.807) is 0 Å². The maximum atomic E-state index is 5.60. The molecule has 1 aromatic carbocycles. The van der Waals surface area contributed by atoms with E-state index >= 15 is 0 Å². The lowest BCUT2D eigenvalue weighted by Gasteiger charge is -2.12. The molecule has 1 fully saturated rings. The Morgan fingerprint density at radius 3 is 2.94 bits per heavy atom. The number of hydrogen-bond acceptors (Lipinski definition) is 3. The number of ether oxygens (including phenoxy) is 2. The highest BCUT2D eigenvalue weighted by Crippen LogP contribution is 2.25. The molecule has 1 aromatic rings. The highest BCUT2D eigenvalue weighted by Gasteiger charge is 2.20. The zero-order valence-electron chi connectivity index (χ0n) is 10.0. The largest absolute Gasteiger partial charge is 0.467 e. The predicted octanol–water partition coefficient (Wildman–Crippen LogP) is 3.07. The summed E-state index contributed by atoms with van der Waals surface area (Å²) in [6, 6.07) is 6.76. The van der Waals surface area contributed by atoms with Crippen molar-refractivity contribution in [3.63, 3.8) is 0 Å². The van der Waals surface area contributed by atoms with E-state index < -0.39 is 0 Å². The van der Waals surface area contributed by atoms with Crippen LogP contribution in [0.25, 0.3) is 0 Å². The third kappa shape index (κ3) is 4.30. The van der Waals surface area contributed by atoms with Gasteiger partial charge in [0, 0.05) is 29.2 Å². The van der Waals surface area contributed by atoms with Gasteiger partial charge in [0.05, 0.1) is 0 Å². The number of hydrogen-bond donors (Lipinski definition) is 1. The van der Waals surface area contributed by atoms with Crippen LogP contribution in [0, 0.1) is 0 Å². The number of halogens is 1. The Bertz CT molecular complexity index is 366. The first-order valence-corrected chi connectivity index (χ1v) is 6.81. The van der Waals surface area contributed by atoms with Crippen molar-refractivity contribution in [3.8, 4) is 5.75 Å². The molecule has 0 spiro atoms. The number of nitrogens with one attached hydrogen (secondary N) is 1. The summed E-state index contributed by atoms with van der Waals surface area (Å²) in [4.78, 5) is 0. The Hall–Kier alpha value is -0.580. The normalized spacial score (nSPS) is 14.9. The lowest BCUT2D eigenvalue weighted by molar-refractivity contribution is 0.0218. The molecule has 2 rings (SSSR count). The van der Waals surface area contributed by atoms with Crippen LogP contribution in [-0.2, 0) is 11.3 Å². The summed E-state index contributed by atoms with van der Waals surface area (Å²) in [5, 5.41) is 3.49. The van der Waals surface area contributed by atoms with Crippen molar-refractivity contribution >= 4 is 15.9 Å². The average Bonchev–Trinajstić information content (AvgIpc) is 3.13. The second-order valence-corrected chi connectivity index (χ2v) is 5.08. The molecular weight excluding hydrogens is 282 g/mol. The molecule has 94 valence electrons. The Labute approximate surface area is 111 Å². The Balaban J connectivity index is 1.95. The van der Waals surface area contributed by atoms with Gasteiger partial charge in [0.25, 0.3) is 0 Å². The zero-order chi connectivity index (χ0) is 12.1. The van der Waals surface area contributed by atoms with E-state index in [4.69, 9.17) is 9.47 Å². The molecule has 1 N–H and O–H groups in total. The zero-order valence-corrected chi connectivity index (χ0v) is 11.6. The minimum absolute atomic E-state index is 0.314. The van der Waals surface area contributed by atoms with Gasteiger partial charge in [-0.25, -0.2) is 0 Å². The van der Waals surface area contributed by atoms with Gasteiger partial charge in [0.1, 0.15) is 5.75 Å². The Morgan fingerprint density at radius 1 is 1.41 bits per heavy atom. The lowest BCUT2D eigenvalue weighted by Crippen LogP contribution is -2.16. The summed E-state index contributed by atoms with van der Waals surface area (Å²) in [7, 11) is 0. The fourth-order valence-electron chi connectivity index (χ4n) is 1.56. The molecule has 3 nitrogen and oxygen atoms in total. The average molecular weight is 300 g/mol. The highest BCUT2D eigenvalue weighted by molar-refractivity contribution is 9.10. The molecule has 0 aliphatic heterocycles. The minimum atomic E-state index is 0.314. The summed E-state index contributed by atoms with van der Waals surface area (Å²) < 4.78 is 11.9. The van der Waals surface area contributed by atoms with Crippen molar-refractivity contribution in [1.29, 1.82) is 0 Å². The van der Waals surface area contributed by atoms with Crippen LogP contribution in [-0.4, -0.2) is 19.4 Å². The monoisotopic (exact) mass is 299 g/mol. The molecule has 1 aliphatic carbocycles. The SMILES string of the molecule is CCOCOc1ccc(Br)cc1CNC1CC1. The van der Waals surface area contributed by atoms with Gasteiger partial charge in [-0.3, -0.25) is 0 Å². The molecule has 1 aliphatic rings. The molecule has 0 heterocycles. The van der Waals surface area contributed by atoms with E-state index in [0.717, 1.165) is 16.8 Å². The van der Waals surface area contributed by atoms with Crippen molar-refractivity contribution in [2.45, 2.75) is 32.4 Å². The fraction of sp³-hybridized carbons (Fsp3) is 0.538. The molecule has 0 amide bonds. The maximum absolute atomic E-state index is 5.60. The van der Waals surface area contributed by atoms with Crippen LogP contribution in [0.2, 0.25) is 0 Å². The molecule has 0 unspecified atom stereocenters. The Morgan fingerprint density at radius 2 is 2.24 bits per heavy atom. The molecule has 0 aromatic heterocycles. The van der Waals surface area contributed by atoms with E-state index in [2.05, 4.69) is 27.3 Å². The van der Waals surface area contributed by atoms with Gasteiger partial charge in [-0.2, -0.15) is 0 Å². The number of benzene rings is 1. The first-order chi connectivity index (χ1) is 8.29. The van der Waals surface area contributed by atoms with E-state index in [-0.39, 0.29) is 0 Å². The van der Waals surface area contributed by atoms with Gasteiger partial charge in [-0.15, -0.1) is 0 Å². The molecule has 17 heavy (non-hydrogen) atoms.